The van der Waals surface area contributed by atoms with Crippen LogP contribution in [-0.4, -0.2) is 20.1 Å². The third kappa shape index (κ3) is 5.08. The van der Waals surface area contributed by atoms with Gasteiger partial charge in [0.05, 0.1) is 4.90 Å². The minimum Gasteiger partial charge on any atom is -0.444 e. The molecule has 1 atom stereocenters. The molecule has 0 bridgehead atoms. The number of alkyl carbamates (subject to hydrolysis) is 1. The molecular formula is C20H25NO4S. The number of rotatable bonds is 4. The van der Waals surface area contributed by atoms with Gasteiger partial charge < -0.3 is 10.1 Å². The van der Waals surface area contributed by atoms with Crippen LogP contribution in [-0.2, 0) is 14.6 Å². The van der Waals surface area contributed by atoms with Crippen molar-refractivity contribution >= 4 is 15.9 Å². The first-order valence-electron chi connectivity index (χ1n) is 8.36. The third-order valence-electron chi connectivity index (χ3n) is 3.69. The molecule has 0 saturated carbocycles. The predicted molar refractivity (Wildman–Crippen MR) is 102 cm³/mol. The van der Waals surface area contributed by atoms with Crippen molar-refractivity contribution in [3.05, 3.63) is 65.2 Å². The van der Waals surface area contributed by atoms with E-state index in [0.29, 0.717) is 5.56 Å². The summed E-state index contributed by atoms with van der Waals surface area (Å²) in [6.45, 7) is 8.97. The molecule has 1 unspecified atom stereocenters. The Balaban J connectivity index is 2.44. The van der Waals surface area contributed by atoms with Crippen LogP contribution in [0.25, 0.3) is 0 Å². The summed E-state index contributed by atoms with van der Waals surface area (Å²) in [5.41, 5.74) is 1.70. The molecule has 2 rings (SSSR count). The Bertz CT molecular complexity index is 864. The Kier molecular flexibility index (Phi) is 5.76. The van der Waals surface area contributed by atoms with E-state index in [1.165, 1.54) is 0 Å². The van der Waals surface area contributed by atoms with Gasteiger partial charge in [-0.05, 0) is 52.3 Å². The maximum atomic E-state index is 13.2. The minimum atomic E-state index is -3.85. The molecule has 2 aromatic carbocycles. The number of hydrogen-bond donors (Lipinski definition) is 1. The molecule has 26 heavy (non-hydrogen) atoms. The lowest BCUT2D eigenvalue weighted by molar-refractivity contribution is 0.0519. The molecule has 0 aliphatic heterocycles. The molecule has 0 aromatic heterocycles. The van der Waals surface area contributed by atoms with Crippen LogP contribution in [0.1, 0.15) is 42.8 Å². The van der Waals surface area contributed by atoms with Gasteiger partial charge in [0.15, 0.2) is 5.37 Å². The molecule has 0 spiro atoms. The van der Waals surface area contributed by atoms with Crippen LogP contribution in [0, 0.1) is 13.8 Å². The van der Waals surface area contributed by atoms with Gasteiger partial charge in [-0.1, -0.05) is 47.5 Å². The van der Waals surface area contributed by atoms with E-state index in [2.05, 4.69) is 5.32 Å². The zero-order valence-electron chi connectivity index (χ0n) is 15.7. The second-order valence-electron chi connectivity index (χ2n) is 7.30. The van der Waals surface area contributed by atoms with E-state index in [0.717, 1.165) is 11.1 Å². The average molecular weight is 375 g/mol. The van der Waals surface area contributed by atoms with Gasteiger partial charge in [0.25, 0.3) is 0 Å². The van der Waals surface area contributed by atoms with E-state index in [-0.39, 0.29) is 4.90 Å². The number of amides is 1. The molecule has 1 N–H and O–H groups in total. The first-order chi connectivity index (χ1) is 12.0. The van der Waals surface area contributed by atoms with Crippen molar-refractivity contribution in [3.8, 4) is 0 Å². The van der Waals surface area contributed by atoms with Crippen molar-refractivity contribution in [2.75, 3.05) is 0 Å². The van der Waals surface area contributed by atoms with Crippen LogP contribution >= 0.6 is 0 Å². The molecule has 0 heterocycles. The number of sulfone groups is 1. The highest BCUT2D eigenvalue weighted by atomic mass is 32.2. The van der Waals surface area contributed by atoms with E-state index < -0.39 is 26.9 Å². The Morgan fingerprint density at radius 1 is 0.923 bits per heavy atom. The molecule has 0 aliphatic carbocycles. The Hall–Kier alpha value is -2.34. The van der Waals surface area contributed by atoms with Crippen LogP contribution < -0.4 is 5.32 Å². The van der Waals surface area contributed by atoms with Gasteiger partial charge in [-0.25, -0.2) is 13.2 Å². The first-order valence-corrected chi connectivity index (χ1v) is 9.90. The Morgan fingerprint density at radius 2 is 1.38 bits per heavy atom. The summed E-state index contributed by atoms with van der Waals surface area (Å²) >= 11 is 0. The number of hydrogen-bond acceptors (Lipinski definition) is 4. The van der Waals surface area contributed by atoms with Crippen molar-refractivity contribution in [3.63, 3.8) is 0 Å². The largest absolute Gasteiger partial charge is 0.444 e. The van der Waals surface area contributed by atoms with Gasteiger partial charge >= 0.3 is 6.09 Å². The quantitative estimate of drug-likeness (QED) is 0.865. The van der Waals surface area contributed by atoms with Crippen molar-refractivity contribution in [1.82, 2.24) is 5.32 Å². The summed E-state index contributed by atoms with van der Waals surface area (Å²) in [6.07, 6.45) is -0.779. The van der Waals surface area contributed by atoms with E-state index >= 15 is 0 Å². The molecular weight excluding hydrogens is 350 g/mol. The maximum absolute atomic E-state index is 13.2. The first kappa shape index (κ1) is 20.0. The number of carbonyl (C=O) groups excluding carboxylic acids is 1. The Morgan fingerprint density at radius 3 is 1.85 bits per heavy atom. The normalized spacial score (nSPS) is 13.1. The number of ether oxygens (including phenoxy) is 1. The van der Waals surface area contributed by atoms with E-state index in [1.807, 2.05) is 26.0 Å². The molecule has 5 nitrogen and oxygen atoms in total. The maximum Gasteiger partial charge on any atom is 0.408 e. The molecule has 0 saturated heterocycles. The van der Waals surface area contributed by atoms with Gasteiger partial charge in [-0.2, -0.15) is 0 Å². The lowest BCUT2D eigenvalue weighted by Crippen LogP contribution is -2.38. The molecule has 140 valence electrons. The molecule has 0 radical (unpaired) electrons. The van der Waals surface area contributed by atoms with Gasteiger partial charge in [-0.15, -0.1) is 0 Å². The molecule has 1 amide bonds. The Labute approximate surface area is 155 Å². The smallest absolute Gasteiger partial charge is 0.408 e. The van der Waals surface area contributed by atoms with Crippen molar-refractivity contribution < 1.29 is 17.9 Å². The third-order valence-corrected chi connectivity index (χ3v) is 5.63. The molecule has 2 aromatic rings. The number of benzene rings is 2. The van der Waals surface area contributed by atoms with Crippen LogP contribution in [0.5, 0.6) is 0 Å². The van der Waals surface area contributed by atoms with Crippen molar-refractivity contribution in [2.24, 2.45) is 0 Å². The minimum absolute atomic E-state index is 0.143. The second-order valence-corrected chi connectivity index (χ2v) is 9.33. The fourth-order valence-electron chi connectivity index (χ4n) is 2.36. The van der Waals surface area contributed by atoms with Gasteiger partial charge in [-0.3, -0.25) is 0 Å². The highest BCUT2D eigenvalue weighted by molar-refractivity contribution is 7.91. The summed E-state index contributed by atoms with van der Waals surface area (Å²) in [6, 6.07) is 13.6. The summed E-state index contributed by atoms with van der Waals surface area (Å²) in [5.74, 6) is 0. The van der Waals surface area contributed by atoms with Crippen molar-refractivity contribution in [1.29, 1.82) is 0 Å². The zero-order chi connectivity index (χ0) is 19.5. The number of nitrogens with one attached hydrogen (secondary N) is 1. The number of carbonyl (C=O) groups is 1. The lowest BCUT2D eigenvalue weighted by atomic mass is 10.1. The standard InChI is InChI=1S/C20H25NO4S/c1-14-6-10-16(11-7-14)18(21-19(22)25-20(3,4)5)26(23,24)17-12-8-15(2)9-13-17/h6-13,18H,1-5H3,(H,21,22). The SMILES string of the molecule is Cc1ccc(C(NC(=O)OC(C)(C)C)S(=O)(=O)c2ccc(C)cc2)cc1. The van der Waals surface area contributed by atoms with Crippen LogP contribution in [0.4, 0.5) is 4.79 Å². The topological polar surface area (TPSA) is 72.5 Å². The van der Waals surface area contributed by atoms with Crippen LogP contribution in [0.3, 0.4) is 0 Å². The summed E-state index contributed by atoms with van der Waals surface area (Å²) in [7, 11) is -3.85. The predicted octanol–water partition coefficient (Wildman–Crippen LogP) is 4.30. The van der Waals surface area contributed by atoms with E-state index in [9.17, 15) is 13.2 Å². The second kappa shape index (κ2) is 7.50. The van der Waals surface area contributed by atoms with E-state index in [4.69, 9.17) is 4.74 Å². The van der Waals surface area contributed by atoms with Gasteiger partial charge in [0.1, 0.15) is 5.60 Å². The highest BCUT2D eigenvalue weighted by Crippen LogP contribution is 2.28. The van der Waals surface area contributed by atoms with E-state index in [1.54, 1.807) is 57.2 Å². The molecule has 0 aliphatic rings. The molecule has 0 fully saturated rings. The fraction of sp³-hybridized carbons (Fsp3) is 0.350. The van der Waals surface area contributed by atoms with Gasteiger partial charge in [0, 0.05) is 0 Å². The summed E-state index contributed by atoms with van der Waals surface area (Å²) in [5, 5.41) is 1.28. The highest BCUT2D eigenvalue weighted by Gasteiger charge is 2.32. The monoisotopic (exact) mass is 375 g/mol. The summed E-state index contributed by atoms with van der Waals surface area (Å²) in [4.78, 5) is 12.4. The zero-order valence-corrected chi connectivity index (χ0v) is 16.6. The average Bonchev–Trinajstić information content (AvgIpc) is 2.52. The lowest BCUT2D eigenvalue weighted by Gasteiger charge is -2.24. The van der Waals surface area contributed by atoms with Gasteiger partial charge in [0.2, 0.25) is 9.84 Å². The molecule has 6 heteroatoms. The van der Waals surface area contributed by atoms with Crippen molar-refractivity contribution in [2.45, 2.75) is 50.5 Å². The summed E-state index contributed by atoms with van der Waals surface area (Å²) < 4.78 is 31.6. The fourth-order valence-corrected chi connectivity index (χ4v) is 3.91. The number of aryl methyl sites for hydroxylation is 2. The van der Waals surface area contributed by atoms with Crippen LogP contribution in [0.2, 0.25) is 0 Å². The van der Waals surface area contributed by atoms with Crippen LogP contribution in [0.15, 0.2) is 53.4 Å².